The molecule has 23 heteroatoms. The molecule has 0 bridgehead atoms. The van der Waals surface area contributed by atoms with Crippen LogP contribution in [0.4, 0.5) is 18.9 Å². The lowest BCUT2D eigenvalue weighted by molar-refractivity contribution is -0.697. The molecule has 0 saturated carbocycles. The molecule has 0 aliphatic carbocycles. The number of nitrogens with zero attached hydrogens (tertiary/aromatic N) is 8. The molecule has 18 nitrogen and oxygen atoms in total. The van der Waals surface area contributed by atoms with Crippen molar-refractivity contribution in [2.24, 2.45) is 17.0 Å². The summed E-state index contributed by atoms with van der Waals surface area (Å²) in [5, 5.41) is 24.9. The van der Waals surface area contributed by atoms with Gasteiger partial charge in [-0.15, -0.1) is 11.3 Å². The Morgan fingerprint density at radius 1 is 1.25 bits per heavy atom. The number of azide groups is 1. The molecular weight excluding hydrogens is 778 g/mol. The van der Waals surface area contributed by atoms with Gasteiger partial charge in [-0.05, 0) is 36.2 Å². The molecule has 1 aromatic carbocycles. The number of hydrogen-bond acceptors (Lipinski definition) is 13. The van der Waals surface area contributed by atoms with Crippen LogP contribution in [0.3, 0.4) is 0 Å². The third-order valence-electron chi connectivity index (χ3n) is 8.72. The van der Waals surface area contributed by atoms with Crippen LogP contribution in [0.1, 0.15) is 46.8 Å². The Morgan fingerprint density at radius 2 is 1.93 bits per heavy atom. The summed E-state index contributed by atoms with van der Waals surface area (Å²) in [6.45, 7) is 4.15. The summed E-state index contributed by atoms with van der Waals surface area (Å²) in [5.74, 6) is -2.46. The molecule has 0 radical (unpaired) electrons. The van der Waals surface area contributed by atoms with E-state index in [0.29, 0.717) is 45.9 Å². The molecule has 3 aromatic heterocycles. The van der Waals surface area contributed by atoms with Crippen molar-refractivity contribution in [3.05, 3.63) is 109 Å². The first kappa shape index (κ1) is 40.4. The standard InChI is InChI=1S/C31H29N8O7S.CHF3O3S/c1-17-23(22-14-37-16-33-25(30(37)47-22)28(41)20-5-3-11-36(13-20)12-4-10-34-35-32)27(38-26(17)24(18(2)40)29(38)42)31(43)46-15-19-6-8-21(9-7-19)39(44)45;2-1(3,4)8(5,6)7/h3,5-9,11,13-14,16-18,24,26,40H,4,10,12,15H2,1-2H3;(H,5,6,7)/q+1;/p-1/t17-,18+,24+,26+;/m0./s1. The number of amides is 1. The van der Waals surface area contributed by atoms with Crippen LogP contribution in [-0.2, 0) is 37.6 Å². The lowest BCUT2D eigenvalue weighted by Gasteiger charge is -2.46. The van der Waals surface area contributed by atoms with Gasteiger partial charge in [0.2, 0.25) is 11.7 Å². The van der Waals surface area contributed by atoms with E-state index in [1.807, 2.05) is 17.7 Å². The number of fused-ring (bicyclic) bond motifs is 2. The molecule has 1 N–H and O–H groups in total. The Morgan fingerprint density at radius 3 is 2.53 bits per heavy atom. The second-order valence-corrected chi connectivity index (χ2v) is 14.7. The highest BCUT2D eigenvalue weighted by molar-refractivity contribution is 7.86. The summed E-state index contributed by atoms with van der Waals surface area (Å²) in [4.78, 5) is 60.7. The van der Waals surface area contributed by atoms with Gasteiger partial charge in [-0.3, -0.25) is 24.1 Å². The van der Waals surface area contributed by atoms with Gasteiger partial charge < -0.3 is 19.3 Å². The molecule has 5 heterocycles. The van der Waals surface area contributed by atoms with Crippen molar-refractivity contribution in [1.29, 1.82) is 0 Å². The second kappa shape index (κ2) is 15.9. The minimum Gasteiger partial charge on any atom is -0.741 e. The number of hydrogen-bond donors (Lipinski definition) is 1. The number of halogens is 3. The molecule has 4 aromatic rings. The molecule has 1 saturated heterocycles. The predicted octanol–water partition coefficient (Wildman–Crippen LogP) is 3.89. The smallest absolute Gasteiger partial charge is 0.485 e. The first-order valence-corrected chi connectivity index (χ1v) is 18.3. The Balaban J connectivity index is 0.000000654. The number of pyridine rings is 1. The van der Waals surface area contributed by atoms with Crippen LogP contribution in [0, 0.1) is 22.0 Å². The molecule has 55 heavy (non-hydrogen) atoms. The van der Waals surface area contributed by atoms with Gasteiger partial charge in [0, 0.05) is 53.8 Å². The van der Waals surface area contributed by atoms with E-state index in [-0.39, 0.29) is 41.3 Å². The SMILES string of the molecule is C[C@@H](O)[C@H]1C(=O)N2C(C(=O)OCc3ccc([N+](=O)[O-])cc3)=C(c3cn4cnc(C(=O)c5ccc[n+](CCCN=[N+]=[N-])c5)c4s3)[C@H](C)[C@H]12.O=S(=O)([O-])C(F)(F)F. The molecule has 4 atom stereocenters. The van der Waals surface area contributed by atoms with Crippen LogP contribution in [-0.4, -0.2) is 79.1 Å². The number of nitro groups is 1. The van der Waals surface area contributed by atoms with Crippen molar-refractivity contribution >= 4 is 55.2 Å². The minimum absolute atomic E-state index is 0.0708. The van der Waals surface area contributed by atoms with Crippen molar-refractivity contribution in [3.8, 4) is 0 Å². The number of aromatic nitrogens is 3. The van der Waals surface area contributed by atoms with Crippen LogP contribution in [0.5, 0.6) is 0 Å². The number of β-lactam (4-membered cyclic amide) rings is 1. The number of imidazole rings is 1. The summed E-state index contributed by atoms with van der Waals surface area (Å²) >= 11 is 1.26. The Hall–Kier alpha value is -5.74. The molecule has 1 fully saturated rings. The van der Waals surface area contributed by atoms with Gasteiger partial charge >= 0.3 is 11.5 Å². The number of nitro benzene ring substituents is 1. The van der Waals surface area contributed by atoms with E-state index in [9.17, 15) is 42.8 Å². The van der Waals surface area contributed by atoms with E-state index in [0.717, 1.165) is 0 Å². The van der Waals surface area contributed by atoms with Gasteiger partial charge in [-0.2, -0.15) is 13.2 Å². The van der Waals surface area contributed by atoms with E-state index >= 15 is 0 Å². The summed E-state index contributed by atoms with van der Waals surface area (Å²) in [6, 6.07) is 8.60. The quantitative estimate of drug-likeness (QED) is 0.0175. The lowest BCUT2D eigenvalue weighted by atomic mass is 9.77. The highest BCUT2D eigenvalue weighted by Gasteiger charge is 2.60. The normalized spacial score (nSPS) is 18.5. The number of carbonyl (C=O) groups excluding carboxylic acids is 3. The van der Waals surface area contributed by atoms with Gasteiger partial charge in [0.05, 0.1) is 33.4 Å². The van der Waals surface area contributed by atoms with E-state index in [2.05, 4.69) is 15.0 Å². The first-order valence-electron chi connectivity index (χ1n) is 16.0. The maximum Gasteiger partial charge on any atom is 0.485 e. The van der Waals surface area contributed by atoms with Crippen molar-refractivity contribution in [3.63, 3.8) is 0 Å². The molecule has 0 spiro atoms. The fraction of sp³-hybridized carbons (Fsp3) is 0.344. The lowest BCUT2D eigenvalue weighted by Crippen LogP contribution is -2.63. The monoisotopic (exact) mass is 806 g/mol. The molecule has 2 aliphatic heterocycles. The number of aryl methyl sites for hydroxylation is 1. The maximum absolute atomic E-state index is 13.7. The topological polar surface area (TPSA) is 254 Å². The zero-order valence-corrected chi connectivity index (χ0v) is 30.2. The van der Waals surface area contributed by atoms with Gasteiger partial charge in [0.1, 0.15) is 35.7 Å². The number of esters is 1. The molecule has 6 rings (SSSR count). The number of aliphatic hydroxyl groups excluding tert-OH is 1. The number of non-ortho nitro benzene ring substituents is 1. The molecular formula is C32H29F3N8O10S2. The number of benzene rings is 1. The number of ketones is 1. The van der Waals surface area contributed by atoms with Crippen LogP contribution in [0.15, 0.2) is 72.1 Å². The fourth-order valence-corrected chi connectivity index (χ4v) is 7.41. The first-order chi connectivity index (χ1) is 25.8. The van der Waals surface area contributed by atoms with Gasteiger partial charge in [0.15, 0.2) is 22.5 Å². The van der Waals surface area contributed by atoms with Gasteiger partial charge in [0.25, 0.3) is 5.69 Å². The molecule has 0 unspecified atom stereocenters. The van der Waals surface area contributed by atoms with E-state index in [1.54, 1.807) is 35.9 Å². The Bertz CT molecular complexity index is 2350. The second-order valence-electron chi connectivity index (χ2n) is 12.3. The summed E-state index contributed by atoms with van der Waals surface area (Å²) in [5.41, 5.74) is 4.56. The van der Waals surface area contributed by atoms with Gasteiger partial charge in [-0.1, -0.05) is 12.0 Å². The highest BCUT2D eigenvalue weighted by atomic mass is 32.2. The minimum atomic E-state index is -6.09. The average Bonchev–Trinajstić information content (AvgIpc) is 3.78. The predicted molar refractivity (Wildman–Crippen MR) is 182 cm³/mol. The van der Waals surface area contributed by atoms with Crippen molar-refractivity contribution in [2.75, 3.05) is 6.54 Å². The Kier molecular flexibility index (Phi) is 11.7. The number of ether oxygens (including phenoxy) is 1. The number of rotatable bonds is 12. The van der Waals surface area contributed by atoms with Crippen molar-refractivity contribution in [1.82, 2.24) is 14.3 Å². The van der Waals surface area contributed by atoms with Crippen LogP contribution in [0.25, 0.3) is 20.8 Å². The number of alkyl halides is 3. The van der Waals surface area contributed by atoms with Crippen molar-refractivity contribution < 1.29 is 59.9 Å². The average molecular weight is 807 g/mol. The fourth-order valence-electron chi connectivity index (χ4n) is 6.20. The summed E-state index contributed by atoms with van der Waals surface area (Å²) < 4.78 is 68.1. The van der Waals surface area contributed by atoms with E-state index < -0.39 is 44.6 Å². The maximum atomic E-state index is 13.7. The zero-order valence-electron chi connectivity index (χ0n) is 28.6. The summed E-state index contributed by atoms with van der Waals surface area (Å²) in [7, 11) is -6.09. The van der Waals surface area contributed by atoms with Crippen LogP contribution < -0.4 is 4.57 Å². The van der Waals surface area contributed by atoms with E-state index in [4.69, 9.17) is 23.2 Å². The van der Waals surface area contributed by atoms with Crippen LogP contribution in [0.2, 0.25) is 0 Å². The number of carbonyl (C=O) groups is 3. The number of aliphatic hydroxyl groups is 1. The molecule has 2 aliphatic rings. The van der Waals surface area contributed by atoms with Crippen LogP contribution >= 0.6 is 11.3 Å². The number of thiazole rings is 1. The van der Waals surface area contributed by atoms with Gasteiger partial charge in [-0.25, -0.2) is 22.8 Å². The zero-order chi connectivity index (χ0) is 40.4. The summed E-state index contributed by atoms with van der Waals surface area (Å²) in [6.07, 6.45) is 6.49. The largest absolute Gasteiger partial charge is 0.741 e. The molecule has 1 amide bonds. The molecule has 290 valence electrons. The third kappa shape index (κ3) is 8.34. The van der Waals surface area contributed by atoms with E-state index in [1.165, 1.54) is 46.8 Å². The Labute approximate surface area is 312 Å². The van der Waals surface area contributed by atoms with Crippen molar-refractivity contribution in [2.45, 2.75) is 51.1 Å². The third-order valence-corrected chi connectivity index (χ3v) is 10.4. The highest BCUT2D eigenvalue weighted by Crippen LogP contribution is 2.52.